The average Bonchev–Trinajstić information content (AvgIpc) is 2.93. The lowest BCUT2D eigenvalue weighted by atomic mass is 9.92. The molecule has 4 rings (SSSR count). The molecule has 7 nitrogen and oxygen atoms in total. The first-order valence-electron chi connectivity index (χ1n) is 13.2. The van der Waals surface area contributed by atoms with Crippen molar-refractivity contribution in [2.45, 2.75) is 63.6 Å². The van der Waals surface area contributed by atoms with Gasteiger partial charge in [-0.3, -0.25) is 14.4 Å². The highest BCUT2D eigenvalue weighted by molar-refractivity contribution is 5.86. The van der Waals surface area contributed by atoms with E-state index in [0.29, 0.717) is 45.1 Å². The summed E-state index contributed by atoms with van der Waals surface area (Å²) in [5.41, 5.74) is 3.25. The summed E-state index contributed by atoms with van der Waals surface area (Å²) in [5.74, 6) is -1.20. The molecule has 0 fully saturated rings. The third-order valence-electron chi connectivity index (χ3n) is 7.13. The molecule has 0 aliphatic carbocycles. The second-order valence-corrected chi connectivity index (χ2v) is 9.91. The number of benzene rings is 2. The van der Waals surface area contributed by atoms with E-state index in [0.717, 1.165) is 16.7 Å². The average molecular weight is 505 g/mol. The third-order valence-corrected chi connectivity index (χ3v) is 7.13. The summed E-state index contributed by atoms with van der Waals surface area (Å²) in [6.45, 7) is 0.390. The fourth-order valence-corrected chi connectivity index (χ4v) is 5.03. The number of aliphatic hydroxyl groups excluding tert-OH is 1. The van der Waals surface area contributed by atoms with E-state index in [4.69, 9.17) is 4.74 Å². The van der Waals surface area contributed by atoms with Gasteiger partial charge in [-0.2, -0.15) is 0 Å². The van der Waals surface area contributed by atoms with Gasteiger partial charge >= 0.3 is 5.97 Å². The van der Waals surface area contributed by atoms with Crippen molar-refractivity contribution in [2.24, 2.45) is 5.92 Å². The number of hydrogen-bond donors (Lipinski definition) is 2. The van der Waals surface area contributed by atoms with Crippen molar-refractivity contribution in [1.82, 2.24) is 10.2 Å². The molecule has 37 heavy (non-hydrogen) atoms. The van der Waals surface area contributed by atoms with Crippen LogP contribution in [0.5, 0.6) is 0 Å². The Morgan fingerprint density at radius 3 is 2.57 bits per heavy atom. The van der Waals surface area contributed by atoms with Crippen molar-refractivity contribution in [3.8, 4) is 0 Å². The van der Waals surface area contributed by atoms with Crippen molar-refractivity contribution in [2.75, 3.05) is 13.2 Å². The Bertz CT molecular complexity index is 1100. The fourth-order valence-electron chi connectivity index (χ4n) is 5.03. The molecule has 0 aromatic heterocycles. The molecule has 2 amide bonds. The highest BCUT2D eigenvalue weighted by Crippen LogP contribution is 2.25. The first kappa shape index (κ1) is 26.6. The molecular formula is C30H36N2O5. The largest absolute Gasteiger partial charge is 0.463 e. The number of ether oxygens (including phenoxy) is 1. The Hall–Kier alpha value is -3.45. The maximum atomic E-state index is 13.5. The highest BCUT2D eigenvalue weighted by Gasteiger charge is 2.32. The molecule has 2 N–H and O–H groups in total. The van der Waals surface area contributed by atoms with Crippen LogP contribution in [0, 0.1) is 5.92 Å². The molecule has 2 heterocycles. The van der Waals surface area contributed by atoms with Crippen LogP contribution >= 0.6 is 0 Å². The van der Waals surface area contributed by atoms with Gasteiger partial charge in [0.2, 0.25) is 11.8 Å². The smallest absolute Gasteiger partial charge is 0.305 e. The van der Waals surface area contributed by atoms with Crippen LogP contribution in [-0.4, -0.2) is 53.1 Å². The molecule has 196 valence electrons. The van der Waals surface area contributed by atoms with Gasteiger partial charge in [-0.15, -0.1) is 0 Å². The summed E-state index contributed by atoms with van der Waals surface area (Å²) in [6.07, 6.45) is 7.20. The topological polar surface area (TPSA) is 95.9 Å². The molecule has 0 saturated carbocycles. The van der Waals surface area contributed by atoms with E-state index >= 15 is 0 Å². The summed E-state index contributed by atoms with van der Waals surface area (Å²) < 4.78 is 5.48. The molecular weight excluding hydrogens is 468 g/mol. The van der Waals surface area contributed by atoms with E-state index < -0.39 is 12.0 Å². The lowest BCUT2D eigenvalue weighted by Crippen LogP contribution is -2.48. The van der Waals surface area contributed by atoms with Crippen LogP contribution < -0.4 is 5.32 Å². The minimum Gasteiger partial charge on any atom is -0.463 e. The summed E-state index contributed by atoms with van der Waals surface area (Å²) in [7, 11) is 0. The Morgan fingerprint density at radius 1 is 1.03 bits per heavy atom. The number of fused-ring (bicyclic) bond motifs is 1. The van der Waals surface area contributed by atoms with Gasteiger partial charge in [0.1, 0.15) is 6.61 Å². The van der Waals surface area contributed by atoms with Crippen molar-refractivity contribution >= 4 is 17.8 Å². The van der Waals surface area contributed by atoms with Crippen molar-refractivity contribution in [1.29, 1.82) is 0 Å². The minimum atomic E-state index is -0.560. The number of nitrogens with one attached hydrogen (secondary N) is 1. The standard InChI is InChI=1S/C30H36N2O5/c33-20-27-17-23-12-8-9-14-25(23)19-32(27)28(34)18-24-13-6-1-2-7-15-29(35)37-21-26(31-30(24)36)16-22-10-4-3-5-11-22/h1,3-6,8-12,14,24,26-27,33H,2,7,13,15-21H2,(H,31,36)/t24-,26+,27+/m1/s1. The quantitative estimate of drug-likeness (QED) is 0.481. The van der Waals surface area contributed by atoms with Crippen LogP contribution in [-0.2, 0) is 38.5 Å². The number of allylic oxidation sites excluding steroid dienone is 2. The molecule has 2 aromatic carbocycles. The number of esters is 1. The minimum absolute atomic E-state index is 0.0483. The molecule has 2 aliphatic heterocycles. The van der Waals surface area contributed by atoms with E-state index in [1.54, 1.807) is 4.90 Å². The molecule has 0 bridgehead atoms. The highest BCUT2D eigenvalue weighted by atomic mass is 16.5. The van der Waals surface area contributed by atoms with E-state index in [1.165, 1.54) is 0 Å². The molecule has 2 aliphatic rings. The summed E-state index contributed by atoms with van der Waals surface area (Å²) in [4.78, 5) is 40.8. The van der Waals surface area contributed by atoms with Crippen molar-refractivity contribution < 1.29 is 24.2 Å². The normalized spacial score (nSPS) is 23.1. The molecule has 3 atom stereocenters. The number of carbonyl (C=O) groups excluding carboxylic acids is 3. The number of rotatable bonds is 5. The van der Waals surface area contributed by atoms with Gasteiger partial charge < -0.3 is 20.1 Å². The Balaban J connectivity index is 1.49. The zero-order valence-corrected chi connectivity index (χ0v) is 21.2. The molecule has 0 spiro atoms. The zero-order chi connectivity index (χ0) is 26.0. The van der Waals surface area contributed by atoms with Crippen LogP contribution in [0.2, 0.25) is 0 Å². The fraction of sp³-hybridized carbons (Fsp3) is 0.433. The van der Waals surface area contributed by atoms with Crippen molar-refractivity contribution in [3.63, 3.8) is 0 Å². The molecule has 2 aromatic rings. The molecule has 7 heteroatoms. The summed E-state index contributed by atoms with van der Waals surface area (Å²) >= 11 is 0. The predicted octanol–water partition coefficient (Wildman–Crippen LogP) is 3.34. The maximum absolute atomic E-state index is 13.5. The number of hydrogen-bond acceptors (Lipinski definition) is 5. The number of amides is 2. The Morgan fingerprint density at radius 2 is 1.78 bits per heavy atom. The van der Waals surface area contributed by atoms with Gasteiger partial charge in [-0.25, -0.2) is 0 Å². The van der Waals surface area contributed by atoms with Gasteiger partial charge in [0.15, 0.2) is 0 Å². The van der Waals surface area contributed by atoms with Crippen LogP contribution in [0.25, 0.3) is 0 Å². The number of nitrogens with zero attached hydrogens (tertiary/aromatic N) is 1. The number of carbonyl (C=O) groups is 3. The lowest BCUT2D eigenvalue weighted by Gasteiger charge is -2.36. The van der Waals surface area contributed by atoms with Crippen molar-refractivity contribution in [3.05, 3.63) is 83.4 Å². The van der Waals surface area contributed by atoms with Gasteiger partial charge in [-0.1, -0.05) is 66.7 Å². The number of cyclic esters (lactones) is 1. The second kappa shape index (κ2) is 13.2. The van der Waals surface area contributed by atoms with Crippen LogP contribution in [0.1, 0.15) is 48.8 Å². The van der Waals surface area contributed by atoms with Crippen LogP contribution in [0.4, 0.5) is 0 Å². The zero-order valence-electron chi connectivity index (χ0n) is 21.2. The molecule has 0 saturated heterocycles. The van der Waals surface area contributed by atoms with E-state index in [9.17, 15) is 19.5 Å². The monoisotopic (exact) mass is 504 g/mol. The maximum Gasteiger partial charge on any atom is 0.305 e. The van der Waals surface area contributed by atoms with E-state index in [-0.39, 0.29) is 43.5 Å². The first-order valence-corrected chi connectivity index (χ1v) is 13.2. The molecule has 0 unspecified atom stereocenters. The van der Waals surface area contributed by atoms with Gasteiger partial charge in [0.25, 0.3) is 0 Å². The van der Waals surface area contributed by atoms with Crippen LogP contribution in [0.15, 0.2) is 66.7 Å². The summed E-state index contributed by atoms with van der Waals surface area (Å²) in [5, 5.41) is 13.1. The number of aliphatic hydroxyl groups is 1. The van der Waals surface area contributed by atoms with Gasteiger partial charge in [-0.05, 0) is 48.8 Å². The lowest BCUT2D eigenvalue weighted by molar-refractivity contribution is -0.145. The van der Waals surface area contributed by atoms with E-state index in [1.807, 2.05) is 66.7 Å². The van der Waals surface area contributed by atoms with Gasteiger partial charge in [0, 0.05) is 19.4 Å². The summed E-state index contributed by atoms with van der Waals surface area (Å²) in [6, 6.07) is 17.0. The van der Waals surface area contributed by atoms with Crippen LogP contribution in [0.3, 0.4) is 0 Å². The Kier molecular flexibility index (Phi) is 9.49. The molecule has 0 radical (unpaired) electrons. The predicted molar refractivity (Wildman–Crippen MR) is 140 cm³/mol. The first-order chi connectivity index (χ1) is 18.0. The second-order valence-electron chi connectivity index (χ2n) is 9.91. The SMILES string of the molecule is O=C1CCCC=CC[C@H](CC(=O)N2Cc3ccccc3C[C@H]2CO)C(=O)N[C@@H](Cc2ccccc2)CO1. The van der Waals surface area contributed by atoms with Gasteiger partial charge in [0.05, 0.1) is 24.6 Å². The third kappa shape index (κ3) is 7.52. The van der Waals surface area contributed by atoms with E-state index in [2.05, 4.69) is 5.32 Å². The Labute approximate surface area is 218 Å².